The molecular formula is C18H28N2O3. The molecule has 5 heteroatoms. The summed E-state index contributed by atoms with van der Waals surface area (Å²) < 4.78 is 10.5. The zero-order valence-corrected chi connectivity index (χ0v) is 14.6. The van der Waals surface area contributed by atoms with E-state index in [-0.39, 0.29) is 11.6 Å². The Morgan fingerprint density at radius 1 is 1.22 bits per heavy atom. The predicted molar refractivity (Wildman–Crippen MR) is 90.7 cm³/mol. The van der Waals surface area contributed by atoms with E-state index in [9.17, 15) is 4.79 Å². The highest BCUT2D eigenvalue weighted by atomic mass is 16.6. The minimum absolute atomic E-state index is 0.172. The Morgan fingerprint density at radius 3 is 2.35 bits per heavy atom. The number of nitrogens with one attached hydrogen (secondary N) is 2. The largest absolute Gasteiger partial charge is 0.497 e. The van der Waals surface area contributed by atoms with E-state index in [2.05, 4.69) is 10.6 Å². The van der Waals surface area contributed by atoms with Crippen LogP contribution in [0.4, 0.5) is 4.79 Å². The van der Waals surface area contributed by atoms with Crippen molar-refractivity contribution in [1.82, 2.24) is 10.6 Å². The number of hydrogen-bond donors (Lipinski definition) is 2. The van der Waals surface area contributed by atoms with Gasteiger partial charge in [-0.25, -0.2) is 4.79 Å². The fourth-order valence-electron chi connectivity index (χ4n) is 2.66. The molecule has 1 amide bonds. The van der Waals surface area contributed by atoms with Gasteiger partial charge in [0.15, 0.2) is 0 Å². The Hall–Kier alpha value is -1.75. The number of carbonyl (C=O) groups excluding carboxylic acids is 1. The van der Waals surface area contributed by atoms with Crippen molar-refractivity contribution in [3.05, 3.63) is 29.8 Å². The molecule has 5 nitrogen and oxygen atoms in total. The van der Waals surface area contributed by atoms with Crippen molar-refractivity contribution < 1.29 is 14.3 Å². The summed E-state index contributed by atoms with van der Waals surface area (Å²) in [6.45, 7) is 7.14. The molecule has 1 aromatic rings. The molecule has 1 aliphatic carbocycles. The van der Waals surface area contributed by atoms with Crippen molar-refractivity contribution >= 4 is 6.09 Å². The lowest BCUT2D eigenvalue weighted by atomic mass is 9.76. The van der Waals surface area contributed by atoms with Gasteiger partial charge in [-0.1, -0.05) is 12.1 Å². The molecule has 0 heterocycles. The summed E-state index contributed by atoms with van der Waals surface area (Å²) in [5.74, 6) is 0.857. The maximum Gasteiger partial charge on any atom is 0.408 e. The third-order valence-electron chi connectivity index (χ3n) is 4.03. The van der Waals surface area contributed by atoms with Gasteiger partial charge in [0.25, 0.3) is 0 Å². The van der Waals surface area contributed by atoms with Crippen LogP contribution in [-0.4, -0.2) is 30.9 Å². The number of alkyl carbamates (subject to hydrolysis) is 1. The Labute approximate surface area is 138 Å². The van der Waals surface area contributed by atoms with Crippen LogP contribution in [0.2, 0.25) is 0 Å². The van der Waals surface area contributed by atoms with Gasteiger partial charge >= 0.3 is 6.09 Å². The lowest BCUT2D eigenvalue weighted by Crippen LogP contribution is -2.59. The Morgan fingerprint density at radius 2 is 1.87 bits per heavy atom. The molecule has 2 rings (SSSR count). The van der Waals surface area contributed by atoms with Crippen LogP contribution in [0, 0.1) is 0 Å². The first kappa shape index (κ1) is 17.6. The molecule has 1 saturated carbocycles. The Balaban J connectivity index is 1.80. The second-order valence-electron chi connectivity index (χ2n) is 7.21. The standard InChI is InChI=1S/C18H28N2O3/c1-17(2,3)23-16(21)20-18(10-5-11-18)13-19-12-14-6-8-15(22-4)9-7-14/h6-9,19H,5,10-13H2,1-4H3,(H,20,21). The van der Waals surface area contributed by atoms with Gasteiger partial charge in [0.1, 0.15) is 11.4 Å². The number of methoxy groups -OCH3 is 1. The van der Waals surface area contributed by atoms with Gasteiger partial charge in [0.05, 0.1) is 12.6 Å². The van der Waals surface area contributed by atoms with Gasteiger partial charge < -0.3 is 20.1 Å². The molecule has 0 spiro atoms. The number of hydrogen-bond acceptors (Lipinski definition) is 4. The fraction of sp³-hybridized carbons (Fsp3) is 0.611. The average Bonchev–Trinajstić information content (AvgIpc) is 2.43. The Kier molecular flexibility index (Phi) is 5.52. The number of carbonyl (C=O) groups is 1. The van der Waals surface area contributed by atoms with E-state index in [1.54, 1.807) is 7.11 Å². The van der Waals surface area contributed by atoms with E-state index in [0.717, 1.165) is 38.1 Å². The molecule has 1 aromatic carbocycles. The van der Waals surface area contributed by atoms with E-state index in [1.165, 1.54) is 5.56 Å². The van der Waals surface area contributed by atoms with Gasteiger partial charge in [-0.15, -0.1) is 0 Å². The zero-order chi connectivity index (χ0) is 16.9. The van der Waals surface area contributed by atoms with Crippen LogP contribution in [0.1, 0.15) is 45.6 Å². The van der Waals surface area contributed by atoms with E-state index in [4.69, 9.17) is 9.47 Å². The van der Waals surface area contributed by atoms with Crippen LogP contribution >= 0.6 is 0 Å². The quantitative estimate of drug-likeness (QED) is 0.845. The van der Waals surface area contributed by atoms with E-state index in [0.29, 0.717) is 0 Å². The third-order valence-corrected chi connectivity index (χ3v) is 4.03. The van der Waals surface area contributed by atoms with Crippen LogP contribution < -0.4 is 15.4 Å². The van der Waals surface area contributed by atoms with Crippen LogP contribution in [0.5, 0.6) is 5.75 Å². The summed E-state index contributed by atoms with van der Waals surface area (Å²) in [4.78, 5) is 12.0. The highest BCUT2D eigenvalue weighted by molar-refractivity contribution is 5.69. The molecule has 0 saturated heterocycles. The van der Waals surface area contributed by atoms with Crippen LogP contribution in [0.15, 0.2) is 24.3 Å². The summed E-state index contributed by atoms with van der Waals surface area (Å²) in [7, 11) is 1.66. The fourth-order valence-corrected chi connectivity index (χ4v) is 2.66. The molecule has 0 atom stereocenters. The Bertz CT molecular complexity index is 516. The number of ether oxygens (including phenoxy) is 2. The second kappa shape index (κ2) is 7.21. The molecule has 1 fully saturated rings. The van der Waals surface area contributed by atoms with Gasteiger partial charge in [-0.05, 0) is 57.7 Å². The monoisotopic (exact) mass is 320 g/mol. The lowest BCUT2D eigenvalue weighted by molar-refractivity contribution is 0.0382. The second-order valence-corrected chi connectivity index (χ2v) is 7.21. The third kappa shape index (κ3) is 5.43. The maximum absolute atomic E-state index is 12.0. The van der Waals surface area contributed by atoms with Crippen molar-refractivity contribution in [2.75, 3.05) is 13.7 Å². The molecule has 0 aromatic heterocycles. The van der Waals surface area contributed by atoms with E-state index >= 15 is 0 Å². The smallest absolute Gasteiger partial charge is 0.408 e. The summed E-state index contributed by atoms with van der Waals surface area (Å²) >= 11 is 0. The van der Waals surface area contributed by atoms with Gasteiger partial charge in [-0.2, -0.15) is 0 Å². The van der Waals surface area contributed by atoms with Crippen LogP contribution in [0.25, 0.3) is 0 Å². The normalized spacial score (nSPS) is 16.3. The molecule has 1 aliphatic rings. The van der Waals surface area contributed by atoms with Crippen molar-refractivity contribution in [3.63, 3.8) is 0 Å². The lowest BCUT2D eigenvalue weighted by Gasteiger charge is -2.42. The maximum atomic E-state index is 12.0. The molecule has 0 aliphatic heterocycles. The first-order valence-electron chi connectivity index (χ1n) is 8.17. The minimum atomic E-state index is -0.467. The molecule has 0 unspecified atom stereocenters. The van der Waals surface area contributed by atoms with Crippen molar-refractivity contribution in [3.8, 4) is 5.75 Å². The SMILES string of the molecule is COc1ccc(CNCC2(NC(=O)OC(C)(C)C)CCC2)cc1. The first-order valence-corrected chi connectivity index (χ1v) is 8.17. The molecule has 23 heavy (non-hydrogen) atoms. The van der Waals surface area contributed by atoms with Gasteiger partial charge in [0, 0.05) is 13.1 Å². The molecule has 0 bridgehead atoms. The summed E-state index contributed by atoms with van der Waals surface area (Å²) in [6.07, 6.45) is 2.78. The van der Waals surface area contributed by atoms with E-state index in [1.807, 2.05) is 45.0 Å². The molecular weight excluding hydrogens is 292 g/mol. The van der Waals surface area contributed by atoms with Crippen LogP contribution in [-0.2, 0) is 11.3 Å². The number of rotatable bonds is 6. The minimum Gasteiger partial charge on any atom is -0.497 e. The van der Waals surface area contributed by atoms with Crippen molar-refractivity contribution in [1.29, 1.82) is 0 Å². The molecule has 128 valence electrons. The van der Waals surface area contributed by atoms with E-state index < -0.39 is 5.60 Å². The first-order chi connectivity index (χ1) is 10.8. The number of benzene rings is 1. The van der Waals surface area contributed by atoms with Crippen LogP contribution in [0.3, 0.4) is 0 Å². The highest BCUT2D eigenvalue weighted by Crippen LogP contribution is 2.31. The van der Waals surface area contributed by atoms with Gasteiger partial charge in [0.2, 0.25) is 0 Å². The average molecular weight is 320 g/mol. The summed E-state index contributed by atoms with van der Waals surface area (Å²) in [5.41, 5.74) is 0.554. The number of amides is 1. The summed E-state index contributed by atoms with van der Waals surface area (Å²) in [5, 5.41) is 6.49. The van der Waals surface area contributed by atoms with Gasteiger partial charge in [-0.3, -0.25) is 0 Å². The predicted octanol–water partition coefficient (Wildman–Crippen LogP) is 3.23. The van der Waals surface area contributed by atoms with Crippen molar-refractivity contribution in [2.24, 2.45) is 0 Å². The summed E-state index contributed by atoms with van der Waals surface area (Å²) in [6, 6.07) is 7.99. The highest BCUT2D eigenvalue weighted by Gasteiger charge is 2.39. The zero-order valence-electron chi connectivity index (χ0n) is 14.6. The molecule has 2 N–H and O–H groups in total. The van der Waals surface area contributed by atoms with Crippen molar-refractivity contribution in [2.45, 2.75) is 57.7 Å². The topological polar surface area (TPSA) is 59.6 Å². The molecule has 0 radical (unpaired) electrons.